The summed E-state index contributed by atoms with van der Waals surface area (Å²) in [4.78, 5) is 50.4. The van der Waals surface area contributed by atoms with Crippen molar-refractivity contribution in [3.8, 4) is 0 Å². The first-order valence-corrected chi connectivity index (χ1v) is 13.2. The summed E-state index contributed by atoms with van der Waals surface area (Å²) in [6, 6.07) is 0. The number of rotatable bonds is 6. The van der Waals surface area contributed by atoms with Crippen LogP contribution in [-0.2, 0) is 28.7 Å². The van der Waals surface area contributed by atoms with E-state index >= 15 is 0 Å². The minimum atomic E-state index is -1.35. The fourth-order valence-electron chi connectivity index (χ4n) is 8.21. The highest BCUT2D eigenvalue weighted by molar-refractivity contribution is 6.01. The predicted molar refractivity (Wildman–Crippen MR) is 133 cm³/mol. The van der Waals surface area contributed by atoms with Gasteiger partial charge in [-0.05, 0) is 81.8 Å². The van der Waals surface area contributed by atoms with Crippen molar-refractivity contribution in [3.63, 3.8) is 0 Å². The second-order valence-corrected chi connectivity index (χ2v) is 12.6. The minimum absolute atomic E-state index is 0.0490. The molecule has 0 aromatic carbocycles. The van der Waals surface area contributed by atoms with Crippen molar-refractivity contribution in [2.45, 2.75) is 91.3 Å². The fourth-order valence-corrected chi connectivity index (χ4v) is 8.21. The van der Waals surface area contributed by atoms with Gasteiger partial charge in [0, 0.05) is 17.8 Å². The van der Waals surface area contributed by atoms with Gasteiger partial charge in [-0.3, -0.25) is 19.2 Å². The maximum atomic E-state index is 13.7. The number of hydrogen-bond donors (Lipinski definition) is 1. The van der Waals surface area contributed by atoms with Gasteiger partial charge in [-0.25, -0.2) is 0 Å². The van der Waals surface area contributed by atoms with Crippen LogP contribution in [0.4, 0.5) is 0 Å². The molecule has 1 N–H and O–H groups in total. The van der Waals surface area contributed by atoms with E-state index in [1.54, 1.807) is 6.08 Å². The molecule has 0 heterocycles. The zero-order valence-corrected chi connectivity index (χ0v) is 22.4. The van der Waals surface area contributed by atoms with Crippen molar-refractivity contribution >= 4 is 23.5 Å². The van der Waals surface area contributed by atoms with Crippen molar-refractivity contribution < 1.29 is 33.8 Å². The van der Waals surface area contributed by atoms with Gasteiger partial charge in [0.05, 0.1) is 12.0 Å². The zero-order valence-electron chi connectivity index (χ0n) is 22.4. The molecule has 4 aliphatic carbocycles. The second-order valence-electron chi connectivity index (χ2n) is 12.6. The Morgan fingerprint density at radius 2 is 1.81 bits per heavy atom. The van der Waals surface area contributed by atoms with E-state index in [2.05, 4.69) is 26.8 Å². The zero-order chi connectivity index (χ0) is 26.7. The lowest BCUT2D eigenvalue weighted by Crippen LogP contribution is -2.60. The van der Waals surface area contributed by atoms with Crippen molar-refractivity contribution in [3.05, 3.63) is 23.8 Å². The molecule has 0 spiro atoms. The van der Waals surface area contributed by atoms with E-state index in [1.165, 1.54) is 26.3 Å². The summed E-state index contributed by atoms with van der Waals surface area (Å²) in [7, 11) is 0. The van der Waals surface area contributed by atoms with E-state index in [-0.39, 0.29) is 35.2 Å². The van der Waals surface area contributed by atoms with Gasteiger partial charge in [0.15, 0.2) is 18.0 Å². The molecule has 0 saturated heterocycles. The average molecular weight is 501 g/mol. The van der Waals surface area contributed by atoms with Crippen molar-refractivity contribution in [1.82, 2.24) is 0 Å². The van der Waals surface area contributed by atoms with Gasteiger partial charge in [0.25, 0.3) is 0 Å². The number of hydrogen-bond acceptors (Lipinski definition) is 7. The molecule has 3 saturated carbocycles. The highest BCUT2D eigenvalue weighted by Gasteiger charge is 2.68. The predicted octanol–water partition coefficient (Wildman–Crippen LogP) is 4.12. The maximum absolute atomic E-state index is 13.7. The number of esters is 2. The van der Waals surface area contributed by atoms with Crippen LogP contribution in [0, 0.1) is 34.5 Å². The lowest BCUT2D eigenvalue weighted by molar-refractivity contribution is -0.191. The van der Waals surface area contributed by atoms with E-state index in [1.807, 2.05) is 6.08 Å². The first kappa shape index (κ1) is 26.8. The molecule has 36 heavy (non-hydrogen) atoms. The molecule has 0 amide bonds. The monoisotopic (exact) mass is 500 g/mol. The summed E-state index contributed by atoms with van der Waals surface area (Å²) in [6.45, 7) is 10.3. The second kappa shape index (κ2) is 8.93. The molecule has 0 aliphatic heterocycles. The number of ketones is 2. The molecule has 0 aromatic heterocycles. The van der Waals surface area contributed by atoms with Crippen LogP contribution in [0.15, 0.2) is 23.8 Å². The molecule has 198 valence electrons. The molecular weight excluding hydrogens is 460 g/mol. The first-order chi connectivity index (χ1) is 16.6. The summed E-state index contributed by atoms with van der Waals surface area (Å²) in [5.41, 5.74) is -2.15. The van der Waals surface area contributed by atoms with E-state index in [0.29, 0.717) is 24.7 Å². The number of ether oxygens (including phenoxy) is 2. The molecule has 3 fully saturated rings. The number of aliphatic hydroxyl groups is 1. The van der Waals surface area contributed by atoms with E-state index in [9.17, 15) is 24.3 Å². The van der Waals surface area contributed by atoms with Crippen LogP contribution in [0.5, 0.6) is 0 Å². The number of carbonyl (C=O) groups excluding carboxylic acids is 4. The number of fused-ring (bicyclic) bond motifs is 5. The Hall–Kier alpha value is -2.28. The molecule has 0 aromatic rings. The van der Waals surface area contributed by atoms with Crippen LogP contribution in [0.3, 0.4) is 0 Å². The topological polar surface area (TPSA) is 107 Å². The summed E-state index contributed by atoms with van der Waals surface area (Å²) in [5.74, 6) is -0.440. The molecule has 7 heteroatoms. The van der Waals surface area contributed by atoms with Gasteiger partial charge in [-0.1, -0.05) is 32.4 Å². The third-order valence-corrected chi connectivity index (χ3v) is 9.71. The van der Waals surface area contributed by atoms with E-state index < -0.39 is 35.2 Å². The minimum Gasteiger partial charge on any atom is -0.457 e. The number of Topliss-reactive ketones (excluding diaryl/α,β-unsaturated/α-hetero) is 1. The van der Waals surface area contributed by atoms with Crippen LogP contribution in [0.25, 0.3) is 0 Å². The summed E-state index contributed by atoms with van der Waals surface area (Å²) in [5, 5.41) is 9.90. The van der Waals surface area contributed by atoms with Gasteiger partial charge in [0.2, 0.25) is 5.78 Å². The Morgan fingerprint density at radius 3 is 2.44 bits per heavy atom. The van der Waals surface area contributed by atoms with Crippen molar-refractivity contribution in [2.24, 2.45) is 34.5 Å². The fraction of sp³-hybridized carbons (Fsp3) is 0.724. The Labute approximate surface area is 213 Å². The van der Waals surface area contributed by atoms with Crippen LogP contribution in [0.1, 0.15) is 80.1 Å². The lowest BCUT2D eigenvalue weighted by Gasteiger charge is -2.59. The SMILES string of the molecule is CC(=O)O[C@]1(C(=O)COC(=O)CC(C)(C)O)CC[C@H]2[C@@H]3C[C@H](C)C4=CC(=O)C=C[C@]4(C)[C@H]3CC[C@@]21C. The third-order valence-electron chi connectivity index (χ3n) is 9.71. The summed E-state index contributed by atoms with van der Waals surface area (Å²) >= 11 is 0. The van der Waals surface area contributed by atoms with Crippen LogP contribution in [0.2, 0.25) is 0 Å². The lowest BCUT2D eigenvalue weighted by atomic mass is 9.45. The molecule has 0 bridgehead atoms. The summed E-state index contributed by atoms with van der Waals surface area (Å²) in [6.07, 6.45) is 9.00. The standard InChI is InChI=1S/C29H40O7/c1-17-13-20-21(27(5)10-7-19(31)14-23(17)27)8-11-28(6)22(20)9-12-29(28,36-18(2)30)24(32)16-35-25(33)15-26(3,4)34/h7,10,14,17,20-22,34H,8-9,11-13,15-16H2,1-6H3/t17-,20+,21-,22-,27+,28-,29-/m0/s1. The quantitative estimate of drug-likeness (QED) is 0.547. The molecule has 7 nitrogen and oxygen atoms in total. The highest BCUT2D eigenvalue weighted by atomic mass is 16.6. The Balaban J connectivity index is 1.62. The molecule has 4 rings (SSSR count). The van der Waals surface area contributed by atoms with Crippen LogP contribution in [-0.4, -0.2) is 46.4 Å². The third kappa shape index (κ3) is 4.27. The van der Waals surface area contributed by atoms with Gasteiger partial charge >= 0.3 is 11.9 Å². The molecule has 0 unspecified atom stereocenters. The van der Waals surface area contributed by atoms with Gasteiger partial charge < -0.3 is 14.6 Å². The van der Waals surface area contributed by atoms with Gasteiger partial charge in [-0.2, -0.15) is 0 Å². The number of carbonyl (C=O) groups is 4. The normalized spacial score (nSPS) is 39.4. The van der Waals surface area contributed by atoms with Crippen LogP contribution < -0.4 is 0 Å². The smallest absolute Gasteiger partial charge is 0.309 e. The first-order valence-electron chi connectivity index (χ1n) is 13.2. The average Bonchev–Trinajstić information content (AvgIpc) is 3.05. The Bertz CT molecular complexity index is 1030. The summed E-state index contributed by atoms with van der Waals surface area (Å²) < 4.78 is 11.2. The van der Waals surface area contributed by atoms with Crippen molar-refractivity contribution in [1.29, 1.82) is 0 Å². The molecular formula is C29H40O7. The highest BCUT2D eigenvalue weighted by Crippen LogP contribution is 2.68. The molecule has 4 aliphatic rings. The van der Waals surface area contributed by atoms with Crippen molar-refractivity contribution in [2.75, 3.05) is 6.61 Å². The largest absolute Gasteiger partial charge is 0.457 e. The van der Waals surface area contributed by atoms with E-state index in [0.717, 1.165) is 19.3 Å². The molecule has 0 radical (unpaired) electrons. The maximum Gasteiger partial charge on any atom is 0.309 e. The van der Waals surface area contributed by atoms with Gasteiger partial charge in [-0.15, -0.1) is 0 Å². The van der Waals surface area contributed by atoms with Crippen LogP contribution >= 0.6 is 0 Å². The Morgan fingerprint density at radius 1 is 1.14 bits per heavy atom. The Kier molecular flexibility index (Phi) is 6.64. The van der Waals surface area contributed by atoms with Gasteiger partial charge in [0.1, 0.15) is 0 Å². The van der Waals surface area contributed by atoms with E-state index in [4.69, 9.17) is 9.47 Å². The molecule has 7 atom stereocenters. The number of allylic oxidation sites excluding steroid dienone is 4.